The van der Waals surface area contributed by atoms with Gasteiger partial charge in [-0.15, -0.1) is 0 Å². The molecule has 0 spiro atoms. The molecule has 0 saturated carbocycles. The number of fused-ring (bicyclic) bond motifs is 1. The SMILES string of the molecule is CN1CCN(c2ccc(Cl)cc2)c2ccc(-c3cn[nH]c3)cc2C1. The fraction of sp³-hybridized carbons (Fsp3) is 0.211. The van der Waals surface area contributed by atoms with E-state index in [2.05, 4.69) is 57.4 Å². The summed E-state index contributed by atoms with van der Waals surface area (Å²) in [5, 5.41) is 7.71. The van der Waals surface area contributed by atoms with Gasteiger partial charge in [0.1, 0.15) is 0 Å². The zero-order chi connectivity index (χ0) is 16.5. The quantitative estimate of drug-likeness (QED) is 0.756. The number of hydrogen-bond donors (Lipinski definition) is 1. The van der Waals surface area contributed by atoms with Crippen LogP contribution in [0.25, 0.3) is 11.1 Å². The molecule has 0 unspecified atom stereocenters. The van der Waals surface area contributed by atoms with Crippen molar-refractivity contribution in [2.24, 2.45) is 0 Å². The van der Waals surface area contributed by atoms with Crippen molar-refractivity contribution in [2.45, 2.75) is 6.54 Å². The summed E-state index contributed by atoms with van der Waals surface area (Å²) < 4.78 is 0. The first-order chi connectivity index (χ1) is 11.7. The molecule has 0 amide bonds. The van der Waals surface area contributed by atoms with E-state index in [0.29, 0.717) is 0 Å². The molecule has 3 aromatic rings. The molecule has 0 saturated heterocycles. The second-order valence-corrected chi connectivity index (χ2v) is 6.63. The maximum atomic E-state index is 6.05. The first-order valence-electron chi connectivity index (χ1n) is 8.04. The predicted molar refractivity (Wildman–Crippen MR) is 98.8 cm³/mol. The Bertz CT molecular complexity index is 827. The highest BCUT2D eigenvalue weighted by atomic mass is 35.5. The van der Waals surface area contributed by atoms with Crippen molar-refractivity contribution in [1.82, 2.24) is 15.1 Å². The van der Waals surface area contributed by atoms with Gasteiger partial charge in [-0.1, -0.05) is 17.7 Å². The van der Waals surface area contributed by atoms with Gasteiger partial charge in [0.2, 0.25) is 0 Å². The van der Waals surface area contributed by atoms with Gasteiger partial charge in [0.25, 0.3) is 0 Å². The summed E-state index contributed by atoms with van der Waals surface area (Å²) in [6.07, 6.45) is 3.79. The van der Waals surface area contributed by atoms with E-state index in [1.54, 1.807) is 0 Å². The van der Waals surface area contributed by atoms with E-state index in [1.165, 1.54) is 22.5 Å². The number of likely N-dealkylation sites (N-methyl/N-ethyl adjacent to an activating group) is 1. The molecule has 0 atom stereocenters. The lowest BCUT2D eigenvalue weighted by molar-refractivity contribution is 0.343. The zero-order valence-electron chi connectivity index (χ0n) is 13.5. The fourth-order valence-electron chi connectivity index (χ4n) is 3.21. The van der Waals surface area contributed by atoms with Crippen LogP contribution >= 0.6 is 11.6 Å². The molecule has 0 fully saturated rings. The van der Waals surface area contributed by atoms with E-state index < -0.39 is 0 Å². The monoisotopic (exact) mass is 338 g/mol. The van der Waals surface area contributed by atoms with Crippen molar-refractivity contribution in [3.05, 3.63) is 65.4 Å². The highest BCUT2D eigenvalue weighted by molar-refractivity contribution is 6.30. The molecule has 4 rings (SSSR count). The lowest BCUT2D eigenvalue weighted by Crippen LogP contribution is -2.26. The van der Waals surface area contributed by atoms with Gasteiger partial charge in [-0.05, 0) is 54.6 Å². The highest BCUT2D eigenvalue weighted by Gasteiger charge is 2.20. The first-order valence-corrected chi connectivity index (χ1v) is 8.42. The summed E-state index contributed by atoms with van der Waals surface area (Å²) in [7, 11) is 2.17. The van der Waals surface area contributed by atoms with Gasteiger partial charge in [-0.2, -0.15) is 5.10 Å². The van der Waals surface area contributed by atoms with Gasteiger partial charge in [-0.25, -0.2) is 0 Å². The molecule has 5 heteroatoms. The number of aromatic nitrogens is 2. The summed E-state index contributed by atoms with van der Waals surface area (Å²) in [6, 6.07) is 14.7. The van der Waals surface area contributed by atoms with Crippen LogP contribution in [0.15, 0.2) is 54.9 Å². The summed E-state index contributed by atoms with van der Waals surface area (Å²) in [5.41, 5.74) is 6.06. The highest BCUT2D eigenvalue weighted by Crippen LogP contribution is 2.34. The number of rotatable bonds is 2. The third-order valence-electron chi connectivity index (χ3n) is 4.49. The molecule has 1 aliphatic rings. The van der Waals surface area contributed by atoms with Crippen LogP contribution in [0.5, 0.6) is 0 Å². The van der Waals surface area contributed by atoms with Gasteiger partial charge in [0, 0.05) is 47.8 Å². The first kappa shape index (κ1) is 15.2. The molecule has 1 N–H and O–H groups in total. The second kappa shape index (κ2) is 6.30. The van der Waals surface area contributed by atoms with E-state index in [-0.39, 0.29) is 0 Å². The minimum Gasteiger partial charge on any atom is -0.340 e. The Balaban J connectivity index is 1.78. The number of benzene rings is 2. The smallest absolute Gasteiger partial charge is 0.0565 e. The Morgan fingerprint density at radius 2 is 1.88 bits per heavy atom. The number of nitrogens with one attached hydrogen (secondary N) is 1. The van der Waals surface area contributed by atoms with Crippen LogP contribution in [0.4, 0.5) is 11.4 Å². The van der Waals surface area contributed by atoms with Crippen LogP contribution < -0.4 is 4.90 Å². The summed E-state index contributed by atoms with van der Waals surface area (Å²) in [5.74, 6) is 0. The largest absolute Gasteiger partial charge is 0.340 e. The van der Waals surface area contributed by atoms with E-state index in [9.17, 15) is 0 Å². The van der Waals surface area contributed by atoms with Crippen LogP contribution in [0.3, 0.4) is 0 Å². The van der Waals surface area contributed by atoms with Crippen LogP contribution in [0.1, 0.15) is 5.56 Å². The second-order valence-electron chi connectivity index (χ2n) is 6.20. The molecule has 2 heterocycles. The topological polar surface area (TPSA) is 35.2 Å². The van der Waals surface area contributed by atoms with Crippen molar-refractivity contribution >= 4 is 23.0 Å². The normalized spacial score (nSPS) is 15.2. The van der Waals surface area contributed by atoms with Crippen LogP contribution in [-0.2, 0) is 6.54 Å². The molecule has 1 aliphatic heterocycles. The van der Waals surface area contributed by atoms with Crippen LogP contribution in [0.2, 0.25) is 5.02 Å². The van der Waals surface area contributed by atoms with Gasteiger partial charge in [0.05, 0.1) is 6.20 Å². The average Bonchev–Trinajstić information content (AvgIpc) is 3.06. The lowest BCUT2D eigenvalue weighted by atomic mass is 10.0. The summed E-state index contributed by atoms with van der Waals surface area (Å²) >= 11 is 6.05. The molecule has 1 aromatic heterocycles. The Morgan fingerprint density at radius 1 is 1.04 bits per heavy atom. The molecule has 4 nitrogen and oxygen atoms in total. The standard InChI is InChI=1S/C19H19ClN4/c1-23-8-9-24(18-5-3-17(20)4-6-18)19-7-2-14(10-15(19)13-23)16-11-21-22-12-16/h2-7,10-12H,8-9,13H2,1H3,(H,21,22). The van der Waals surface area contributed by atoms with Crippen molar-refractivity contribution in [1.29, 1.82) is 0 Å². The summed E-state index contributed by atoms with van der Waals surface area (Å²) in [6.45, 7) is 2.90. The minimum atomic E-state index is 0.765. The van der Waals surface area contributed by atoms with Gasteiger partial charge >= 0.3 is 0 Å². The van der Waals surface area contributed by atoms with Crippen molar-refractivity contribution in [3.63, 3.8) is 0 Å². The number of aromatic amines is 1. The fourth-order valence-corrected chi connectivity index (χ4v) is 3.34. The third kappa shape index (κ3) is 2.90. The summed E-state index contributed by atoms with van der Waals surface area (Å²) in [4.78, 5) is 4.72. The number of hydrogen-bond acceptors (Lipinski definition) is 3. The van der Waals surface area contributed by atoms with E-state index in [0.717, 1.165) is 30.2 Å². The number of halogens is 1. The number of H-pyrrole nitrogens is 1. The van der Waals surface area contributed by atoms with Gasteiger partial charge < -0.3 is 9.80 Å². The maximum absolute atomic E-state index is 6.05. The Morgan fingerprint density at radius 3 is 2.62 bits per heavy atom. The van der Waals surface area contributed by atoms with Crippen molar-refractivity contribution < 1.29 is 0 Å². The lowest BCUT2D eigenvalue weighted by Gasteiger charge is -2.25. The molecular weight excluding hydrogens is 320 g/mol. The molecule has 122 valence electrons. The Kier molecular flexibility index (Phi) is 4.00. The minimum absolute atomic E-state index is 0.765. The third-order valence-corrected chi connectivity index (χ3v) is 4.74. The zero-order valence-corrected chi connectivity index (χ0v) is 14.3. The van der Waals surface area contributed by atoms with Crippen LogP contribution in [0, 0.1) is 0 Å². The van der Waals surface area contributed by atoms with Gasteiger partial charge in [0.15, 0.2) is 0 Å². The Labute approximate surface area is 146 Å². The number of nitrogens with zero attached hydrogens (tertiary/aromatic N) is 3. The van der Waals surface area contributed by atoms with E-state index >= 15 is 0 Å². The molecular formula is C19H19ClN4. The van der Waals surface area contributed by atoms with E-state index in [4.69, 9.17) is 11.6 Å². The van der Waals surface area contributed by atoms with Gasteiger partial charge in [-0.3, -0.25) is 5.10 Å². The molecule has 0 radical (unpaired) electrons. The maximum Gasteiger partial charge on any atom is 0.0565 e. The van der Waals surface area contributed by atoms with Crippen molar-refractivity contribution in [3.8, 4) is 11.1 Å². The molecule has 24 heavy (non-hydrogen) atoms. The number of anilines is 2. The van der Waals surface area contributed by atoms with E-state index in [1.807, 2.05) is 24.5 Å². The van der Waals surface area contributed by atoms with Crippen molar-refractivity contribution in [2.75, 3.05) is 25.0 Å². The van der Waals surface area contributed by atoms with Crippen LogP contribution in [-0.4, -0.2) is 35.2 Å². The molecule has 0 bridgehead atoms. The predicted octanol–water partition coefficient (Wildman–Crippen LogP) is 4.31. The molecule has 2 aromatic carbocycles. The Hall–Kier alpha value is -2.30. The molecule has 0 aliphatic carbocycles. The average molecular weight is 339 g/mol.